The number of aliphatic imine (C=N–C) groups is 1. The molecule has 1 aromatic rings. The molecular formula is C24H40N8O6. The number of aliphatic carboxylic acids is 1. The molecule has 14 nitrogen and oxygen atoms in total. The lowest BCUT2D eigenvalue weighted by Crippen LogP contribution is -2.56. The molecule has 0 heterocycles. The predicted octanol–water partition coefficient (Wildman–Crippen LogP) is -2.00. The molecular weight excluding hydrogens is 496 g/mol. The molecule has 0 aliphatic rings. The second kappa shape index (κ2) is 16.8. The zero-order chi connectivity index (χ0) is 28.7. The summed E-state index contributed by atoms with van der Waals surface area (Å²) >= 11 is 0. The zero-order valence-corrected chi connectivity index (χ0v) is 21.6. The Morgan fingerprint density at radius 3 is 2.11 bits per heavy atom. The van der Waals surface area contributed by atoms with Gasteiger partial charge in [-0.1, -0.05) is 18.6 Å². The number of rotatable bonds is 17. The van der Waals surface area contributed by atoms with E-state index in [-0.39, 0.29) is 31.1 Å². The predicted molar refractivity (Wildman–Crippen MR) is 142 cm³/mol. The first-order valence-electron chi connectivity index (χ1n) is 12.4. The van der Waals surface area contributed by atoms with Crippen LogP contribution in [0.4, 0.5) is 0 Å². The summed E-state index contributed by atoms with van der Waals surface area (Å²) in [6.45, 7) is 2.06. The number of nitrogens with one attached hydrogen (secondary N) is 3. The third-order valence-electron chi connectivity index (χ3n) is 5.63. The molecule has 0 bridgehead atoms. The number of phenolic OH excluding ortho intramolecular Hbond substituents is 1. The van der Waals surface area contributed by atoms with Crippen molar-refractivity contribution in [2.45, 2.75) is 69.6 Å². The minimum Gasteiger partial charge on any atom is -0.508 e. The van der Waals surface area contributed by atoms with Gasteiger partial charge >= 0.3 is 5.97 Å². The van der Waals surface area contributed by atoms with Gasteiger partial charge < -0.3 is 49.1 Å². The average molecular weight is 537 g/mol. The van der Waals surface area contributed by atoms with Crippen LogP contribution in [0.3, 0.4) is 0 Å². The minimum absolute atomic E-state index is 0.0392. The Morgan fingerprint density at radius 1 is 0.895 bits per heavy atom. The van der Waals surface area contributed by atoms with Crippen molar-refractivity contribution in [3.05, 3.63) is 29.8 Å². The molecule has 13 N–H and O–H groups in total. The fourth-order valence-electron chi connectivity index (χ4n) is 3.43. The monoisotopic (exact) mass is 536 g/mol. The van der Waals surface area contributed by atoms with Crippen molar-refractivity contribution >= 4 is 29.7 Å². The molecule has 4 unspecified atom stereocenters. The first kappa shape index (κ1) is 32.1. The van der Waals surface area contributed by atoms with Crippen LogP contribution in [0.1, 0.15) is 44.6 Å². The van der Waals surface area contributed by atoms with Crippen molar-refractivity contribution < 1.29 is 29.4 Å². The van der Waals surface area contributed by atoms with Crippen LogP contribution < -0.4 is 38.9 Å². The quantitative estimate of drug-likeness (QED) is 0.0600. The summed E-state index contributed by atoms with van der Waals surface area (Å²) in [5, 5.41) is 26.5. The molecule has 14 heteroatoms. The maximum atomic E-state index is 13.1. The number of nitrogens with zero attached hydrogens (tertiary/aromatic N) is 1. The normalized spacial score (nSPS) is 13.9. The SMILES string of the molecule is CC(NC(=O)C(Cc1ccc(O)cc1)NC(=O)C(N)CCCCN)C(=O)NC(CCCN=C(N)N)C(=O)O. The van der Waals surface area contributed by atoms with E-state index >= 15 is 0 Å². The van der Waals surface area contributed by atoms with Gasteiger partial charge in [-0.05, 0) is 56.8 Å². The lowest BCUT2D eigenvalue weighted by Gasteiger charge is -2.24. The molecule has 0 aliphatic heterocycles. The number of hydrogen-bond acceptors (Lipinski definition) is 8. The van der Waals surface area contributed by atoms with E-state index in [1.807, 2.05) is 0 Å². The number of carbonyl (C=O) groups excluding carboxylic acids is 3. The number of carbonyl (C=O) groups is 4. The summed E-state index contributed by atoms with van der Waals surface area (Å²) in [4.78, 5) is 53.7. The number of guanidine groups is 1. The molecule has 38 heavy (non-hydrogen) atoms. The van der Waals surface area contributed by atoms with Gasteiger partial charge in [0.25, 0.3) is 0 Å². The van der Waals surface area contributed by atoms with Crippen molar-refractivity contribution in [3.63, 3.8) is 0 Å². The van der Waals surface area contributed by atoms with E-state index < -0.39 is 47.9 Å². The topological polar surface area (TPSA) is 261 Å². The number of carboxylic acids is 1. The third-order valence-corrected chi connectivity index (χ3v) is 5.63. The molecule has 0 fully saturated rings. The largest absolute Gasteiger partial charge is 0.508 e. The van der Waals surface area contributed by atoms with Gasteiger partial charge in [-0.25, -0.2) is 4.79 Å². The average Bonchev–Trinajstić information content (AvgIpc) is 2.86. The van der Waals surface area contributed by atoms with Gasteiger partial charge in [-0.15, -0.1) is 0 Å². The summed E-state index contributed by atoms with van der Waals surface area (Å²) in [5.41, 5.74) is 22.6. The summed E-state index contributed by atoms with van der Waals surface area (Å²) in [6, 6.07) is 1.82. The van der Waals surface area contributed by atoms with Gasteiger partial charge in [0.2, 0.25) is 17.7 Å². The number of benzene rings is 1. The molecule has 0 spiro atoms. The van der Waals surface area contributed by atoms with Crippen molar-refractivity contribution in [2.75, 3.05) is 13.1 Å². The second-order valence-electron chi connectivity index (χ2n) is 8.90. The zero-order valence-electron chi connectivity index (χ0n) is 21.6. The van der Waals surface area contributed by atoms with Crippen LogP contribution in [0.2, 0.25) is 0 Å². The molecule has 0 radical (unpaired) electrons. The molecule has 0 saturated carbocycles. The van der Waals surface area contributed by atoms with Gasteiger partial charge in [0, 0.05) is 13.0 Å². The van der Waals surface area contributed by atoms with Crippen LogP contribution in [0.5, 0.6) is 5.75 Å². The highest BCUT2D eigenvalue weighted by molar-refractivity contribution is 5.94. The third kappa shape index (κ3) is 12.4. The second-order valence-corrected chi connectivity index (χ2v) is 8.90. The number of carboxylic acid groups (broad SMARTS) is 1. The van der Waals surface area contributed by atoms with Gasteiger partial charge in [-0.3, -0.25) is 19.4 Å². The molecule has 0 saturated heterocycles. The van der Waals surface area contributed by atoms with E-state index in [0.29, 0.717) is 37.8 Å². The Morgan fingerprint density at radius 2 is 1.53 bits per heavy atom. The Kier molecular flexibility index (Phi) is 14.2. The van der Waals surface area contributed by atoms with E-state index in [1.54, 1.807) is 12.1 Å². The number of unbranched alkanes of at least 4 members (excludes halogenated alkanes) is 1. The molecule has 4 atom stereocenters. The van der Waals surface area contributed by atoms with Crippen LogP contribution in [0.15, 0.2) is 29.3 Å². The summed E-state index contributed by atoms with van der Waals surface area (Å²) in [5.74, 6) is -3.25. The van der Waals surface area contributed by atoms with E-state index in [9.17, 15) is 29.4 Å². The number of hydrogen-bond donors (Lipinski definition) is 9. The maximum Gasteiger partial charge on any atom is 0.326 e. The summed E-state index contributed by atoms with van der Waals surface area (Å²) in [7, 11) is 0. The Bertz CT molecular complexity index is 952. The summed E-state index contributed by atoms with van der Waals surface area (Å²) < 4.78 is 0. The highest BCUT2D eigenvalue weighted by Gasteiger charge is 2.28. The van der Waals surface area contributed by atoms with Crippen LogP contribution in [-0.4, -0.2) is 77.1 Å². The highest BCUT2D eigenvalue weighted by atomic mass is 16.4. The number of amides is 3. The van der Waals surface area contributed by atoms with E-state index in [1.165, 1.54) is 19.1 Å². The highest BCUT2D eigenvalue weighted by Crippen LogP contribution is 2.12. The van der Waals surface area contributed by atoms with E-state index in [0.717, 1.165) is 0 Å². The Hall–Kier alpha value is -3.91. The maximum absolute atomic E-state index is 13.1. The Labute approximate surface area is 221 Å². The van der Waals surface area contributed by atoms with E-state index in [4.69, 9.17) is 22.9 Å². The van der Waals surface area contributed by atoms with Gasteiger partial charge in [0.05, 0.1) is 6.04 Å². The van der Waals surface area contributed by atoms with Crippen molar-refractivity contribution in [3.8, 4) is 5.75 Å². The molecule has 0 aromatic heterocycles. The fraction of sp³-hybridized carbons (Fsp3) is 0.542. The van der Waals surface area contributed by atoms with Crippen LogP contribution in [-0.2, 0) is 25.6 Å². The first-order valence-corrected chi connectivity index (χ1v) is 12.4. The standard InChI is InChI=1S/C24H40N8O6/c1-14(20(34)31-18(23(37)38)6-4-12-29-24(27)28)30-22(36)19(13-15-7-9-16(33)10-8-15)32-21(35)17(26)5-2-3-11-25/h7-10,14,17-19,33H,2-6,11-13,25-26H2,1H3,(H,30,36)(H,31,34)(H,32,35)(H,37,38)(H4,27,28,29). The van der Waals surface area contributed by atoms with Gasteiger partial charge in [0.1, 0.15) is 23.9 Å². The van der Waals surface area contributed by atoms with Gasteiger partial charge in [0.15, 0.2) is 5.96 Å². The number of aromatic hydroxyl groups is 1. The smallest absolute Gasteiger partial charge is 0.326 e. The van der Waals surface area contributed by atoms with Crippen molar-refractivity contribution in [2.24, 2.45) is 27.9 Å². The van der Waals surface area contributed by atoms with Crippen LogP contribution in [0.25, 0.3) is 0 Å². The van der Waals surface area contributed by atoms with E-state index in [2.05, 4.69) is 20.9 Å². The first-order chi connectivity index (χ1) is 17.9. The molecule has 212 valence electrons. The van der Waals surface area contributed by atoms with Crippen molar-refractivity contribution in [1.82, 2.24) is 16.0 Å². The van der Waals surface area contributed by atoms with Crippen LogP contribution >= 0.6 is 0 Å². The fourth-order valence-corrected chi connectivity index (χ4v) is 3.43. The minimum atomic E-state index is -1.25. The Balaban J connectivity index is 2.86. The number of nitrogens with two attached hydrogens (primary N) is 4. The van der Waals surface area contributed by atoms with Crippen LogP contribution in [0, 0.1) is 0 Å². The summed E-state index contributed by atoms with van der Waals surface area (Å²) in [6.07, 6.45) is 2.17. The molecule has 3 amide bonds. The lowest BCUT2D eigenvalue weighted by molar-refractivity contribution is -0.142. The molecule has 1 rings (SSSR count). The van der Waals surface area contributed by atoms with Crippen molar-refractivity contribution in [1.29, 1.82) is 0 Å². The van der Waals surface area contributed by atoms with Gasteiger partial charge in [-0.2, -0.15) is 0 Å². The molecule has 0 aliphatic carbocycles. The molecule has 1 aromatic carbocycles. The lowest BCUT2D eigenvalue weighted by atomic mass is 10.0. The number of phenols is 1.